The Labute approximate surface area is 106 Å². The van der Waals surface area contributed by atoms with E-state index in [1.165, 1.54) is 5.75 Å². The van der Waals surface area contributed by atoms with Crippen molar-refractivity contribution in [1.29, 1.82) is 0 Å². The Morgan fingerprint density at radius 3 is 3.06 bits per heavy atom. The van der Waals surface area contributed by atoms with Crippen LogP contribution in [0, 0.1) is 0 Å². The molecule has 5 heteroatoms. The molecule has 2 heterocycles. The summed E-state index contributed by atoms with van der Waals surface area (Å²) >= 11 is 3.93. The molecule has 16 heavy (non-hydrogen) atoms. The van der Waals surface area contributed by atoms with Crippen molar-refractivity contribution < 1.29 is 4.79 Å². The van der Waals surface area contributed by atoms with Crippen LogP contribution in [0.3, 0.4) is 0 Å². The molecule has 0 spiro atoms. The Hall–Kier alpha value is 0.130. The van der Waals surface area contributed by atoms with E-state index >= 15 is 0 Å². The lowest BCUT2D eigenvalue weighted by Crippen LogP contribution is -2.46. The number of carbonyl (C=O) groups excluding carboxylic acids is 1. The maximum absolute atomic E-state index is 12.1. The first kappa shape index (κ1) is 12.6. The van der Waals surface area contributed by atoms with Crippen LogP contribution in [-0.4, -0.2) is 59.0 Å². The third-order valence-corrected chi connectivity index (χ3v) is 5.28. The summed E-state index contributed by atoms with van der Waals surface area (Å²) in [7, 11) is 0. The SMILES string of the molecule is CC1CN(C(=O)CC2CSCCN2)CCS1. The molecule has 2 aliphatic rings. The molecule has 1 amide bonds. The summed E-state index contributed by atoms with van der Waals surface area (Å²) in [6, 6.07) is 0.399. The van der Waals surface area contributed by atoms with Crippen LogP contribution in [0.5, 0.6) is 0 Å². The number of hydrogen-bond donors (Lipinski definition) is 1. The summed E-state index contributed by atoms with van der Waals surface area (Å²) < 4.78 is 0. The van der Waals surface area contributed by atoms with E-state index in [-0.39, 0.29) is 0 Å². The summed E-state index contributed by atoms with van der Waals surface area (Å²) in [5.41, 5.74) is 0. The van der Waals surface area contributed by atoms with Crippen LogP contribution in [0.15, 0.2) is 0 Å². The van der Waals surface area contributed by atoms with Gasteiger partial charge in [0.05, 0.1) is 0 Å². The van der Waals surface area contributed by atoms with E-state index < -0.39 is 0 Å². The van der Waals surface area contributed by atoms with E-state index in [1.54, 1.807) is 0 Å². The molecule has 2 atom stereocenters. The summed E-state index contributed by atoms with van der Waals surface area (Å²) in [6.45, 7) is 5.13. The lowest BCUT2D eigenvalue weighted by atomic mass is 10.2. The molecule has 2 rings (SSSR count). The molecule has 0 saturated carbocycles. The molecule has 0 aromatic rings. The van der Waals surface area contributed by atoms with Crippen molar-refractivity contribution in [3.8, 4) is 0 Å². The Kier molecular flexibility index (Phi) is 4.85. The van der Waals surface area contributed by atoms with Crippen LogP contribution in [-0.2, 0) is 4.79 Å². The van der Waals surface area contributed by atoms with Crippen molar-refractivity contribution in [2.45, 2.75) is 24.6 Å². The highest BCUT2D eigenvalue weighted by Crippen LogP contribution is 2.19. The molecule has 1 N–H and O–H groups in total. The molecule has 3 nitrogen and oxygen atoms in total. The number of carbonyl (C=O) groups is 1. The molecule has 0 aliphatic carbocycles. The van der Waals surface area contributed by atoms with Crippen molar-refractivity contribution in [2.75, 3.05) is 36.9 Å². The highest BCUT2D eigenvalue weighted by Gasteiger charge is 2.24. The molecule has 0 radical (unpaired) electrons. The number of hydrogen-bond acceptors (Lipinski definition) is 4. The largest absolute Gasteiger partial charge is 0.341 e. The second kappa shape index (κ2) is 6.17. The summed E-state index contributed by atoms with van der Waals surface area (Å²) in [6.07, 6.45) is 0.685. The quantitative estimate of drug-likeness (QED) is 0.804. The van der Waals surface area contributed by atoms with Crippen LogP contribution in [0.4, 0.5) is 0 Å². The van der Waals surface area contributed by atoms with Gasteiger partial charge in [-0.2, -0.15) is 23.5 Å². The van der Waals surface area contributed by atoms with Gasteiger partial charge in [0.25, 0.3) is 0 Å². The average Bonchev–Trinajstić information content (AvgIpc) is 2.30. The number of amides is 1. The first-order chi connectivity index (χ1) is 7.75. The third kappa shape index (κ3) is 3.57. The Bertz CT molecular complexity index is 244. The number of nitrogens with zero attached hydrogens (tertiary/aromatic N) is 1. The van der Waals surface area contributed by atoms with Crippen LogP contribution in [0.25, 0.3) is 0 Å². The minimum atomic E-state index is 0.340. The molecule has 2 fully saturated rings. The molecule has 92 valence electrons. The van der Waals surface area contributed by atoms with E-state index in [0.29, 0.717) is 23.6 Å². The van der Waals surface area contributed by atoms with Gasteiger partial charge in [-0.05, 0) is 0 Å². The Morgan fingerprint density at radius 2 is 2.38 bits per heavy atom. The molecular weight excluding hydrogens is 240 g/mol. The van der Waals surface area contributed by atoms with E-state index in [4.69, 9.17) is 0 Å². The molecule has 2 saturated heterocycles. The maximum Gasteiger partial charge on any atom is 0.224 e. The zero-order valence-electron chi connectivity index (χ0n) is 9.78. The molecule has 2 unspecified atom stereocenters. The van der Waals surface area contributed by atoms with Gasteiger partial charge in [-0.1, -0.05) is 6.92 Å². The second-order valence-corrected chi connectivity index (χ2v) is 7.15. The fourth-order valence-corrected chi connectivity index (χ4v) is 4.10. The van der Waals surface area contributed by atoms with Crippen LogP contribution in [0.1, 0.15) is 13.3 Å². The zero-order valence-corrected chi connectivity index (χ0v) is 11.4. The van der Waals surface area contributed by atoms with Crippen molar-refractivity contribution in [1.82, 2.24) is 10.2 Å². The molecule has 0 aromatic carbocycles. The standard InChI is InChI=1S/C11H20N2OS2/c1-9-7-13(3-5-16-9)11(14)6-10-8-15-4-2-12-10/h9-10,12H,2-8H2,1H3. The normalized spacial score (nSPS) is 31.4. The highest BCUT2D eigenvalue weighted by atomic mass is 32.2. The zero-order chi connectivity index (χ0) is 11.4. The lowest BCUT2D eigenvalue weighted by Gasteiger charge is -2.32. The van der Waals surface area contributed by atoms with Gasteiger partial charge in [0.1, 0.15) is 0 Å². The Morgan fingerprint density at radius 1 is 1.50 bits per heavy atom. The first-order valence-corrected chi connectivity index (χ1v) is 8.16. The fourth-order valence-electron chi connectivity index (χ4n) is 2.14. The predicted molar refractivity (Wildman–Crippen MR) is 72.2 cm³/mol. The van der Waals surface area contributed by atoms with Crippen LogP contribution in [0.2, 0.25) is 0 Å². The minimum Gasteiger partial charge on any atom is -0.341 e. The van der Waals surface area contributed by atoms with E-state index in [9.17, 15) is 4.79 Å². The van der Waals surface area contributed by atoms with Gasteiger partial charge in [0.2, 0.25) is 5.91 Å². The van der Waals surface area contributed by atoms with Gasteiger partial charge in [-0.25, -0.2) is 0 Å². The number of thioether (sulfide) groups is 2. The number of nitrogens with one attached hydrogen (secondary N) is 1. The minimum absolute atomic E-state index is 0.340. The van der Waals surface area contributed by atoms with Gasteiger partial charge in [-0.3, -0.25) is 4.79 Å². The maximum atomic E-state index is 12.1. The average molecular weight is 260 g/mol. The monoisotopic (exact) mass is 260 g/mol. The predicted octanol–water partition coefficient (Wildman–Crippen LogP) is 1.05. The third-order valence-electron chi connectivity index (χ3n) is 3.01. The van der Waals surface area contributed by atoms with Gasteiger partial charge in [-0.15, -0.1) is 0 Å². The fraction of sp³-hybridized carbons (Fsp3) is 0.909. The topological polar surface area (TPSA) is 32.3 Å². The van der Waals surface area contributed by atoms with E-state index in [0.717, 1.165) is 31.1 Å². The smallest absolute Gasteiger partial charge is 0.224 e. The van der Waals surface area contributed by atoms with Crippen LogP contribution < -0.4 is 5.32 Å². The second-order valence-electron chi connectivity index (χ2n) is 4.45. The number of rotatable bonds is 2. The highest BCUT2D eigenvalue weighted by molar-refractivity contribution is 8.00. The van der Waals surface area contributed by atoms with E-state index in [1.807, 2.05) is 28.4 Å². The van der Waals surface area contributed by atoms with Gasteiger partial charge in [0, 0.05) is 54.6 Å². The lowest BCUT2D eigenvalue weighted by molar-refractivity contribution is -0.131. The molecule has 0 bridgehead atoms. The van der Waals surface area contributed by atoms with Crippen LogP contribution >= 0.6 is 23.5 Å². The molecule has 0 aromatic heterocycles. The van der Waals surface area contributed by atoms with Crippen molar-refractivity contribution in [3.63, 3.8) is 0 Å². The van der Waals surface area contributed by atoms with Crippen molar-refractivity contribution >= 4 is 29.4 Å². The van der Waals surface area contributed by atoms with E-state index in [2.05, 4.69) is 12.2 Å². The van der Waals surface area contributed by atoms with Crippen molar-refractivity contribution in [3.05, 3.63) is 0 Å². The summed E-state index contributed by atoms with van der Waals surface area (Å²) in [5.74, 6) is 3.71. The molecular formula is C11H20N2OS2. The van der Waals surface area contributed by atoms with Crippen molar-refractivity contribution in [2.24, 2.45) is 0 Å². The van der Waals surface area contributed by atoms with Gasteiger partial charge < -0.3 is 10.2 Å². The summed E-state index contributed by atoms with van der Waals surface area (Å²) in [4.78, 5) is 14.1. The van der Waals surface area contributed by atoms with Gasteiger partial charge in [0.15, 0.2) is 0 Å². The Balaban J connectivity index is 1.77. The van der Waals surface area contributed by atoms with Gasteiger partial charge >= 0.3 is 0 Å². The summed E-state index contributed by atoms with van der Waals surface area (Å²) in [5, 5.41) is 4.03. The first-order valence-electron chi connectivity index (χ1n) is 5.96. The molecule has 2 aliphatic heterocycles.